The van der Waals surface area contributed by atoms with E-state index in [1.54, 1.807) is 0 Å². The van der Waals surface area contributed by atoms with Gasteiger partial charge in [0.05, 0.1) is 0 Å². The van der Waals surface area contributed by atoms with Crippen LogP contribution in [-0.4, -0.2) is 73.7 Å². The Morgan fingerprint density at radius 3 is 2.24 bits per heavy atom. The average Bonchev–Trinajstić information content (AvgIpc) is 3.37. The van der Waals surface area contributed by atoms with E-state index in [4.69, 9.17) is 4.52 Å². The van der Waals surface area contributed by atoms with Crippen molar-refractivity contribution in [2.45, 2.75) is 31.6 Å². The molecule has 2 fully saturated rings. The summed E-state index contributed by atoms with van der Waals surface area (Å²) in [7, 11) is -4.00. The summed E-state index contributed by atoms with van der Waals surface area (Å²) in [4.78, 5) is 28.7. The number of piperazine rings is 1. The maximum atomic E-state index is 14.0. The lowest BCUT2D eigenvalue weighted by atomic mass is 9.96. The van der Waals surface area contributed by atoms with Crippen LogP contribution < -0.4 is 4.90 Å². The highest BCUT2D eigenvalue weighted by Gasteiger charge is 2.37. The number of piperidine rings is 1. The highest BCUT2D eigenvalue weighted by molar-refractivity contribution is 7.89. The number of nitrogens with zero attached hydrogens (tertiary/aromatic N) is 4. The van der Waals surface area contributed by atoms with Crippen LogP contribution in [0.4, 0.5) is 14.5 Å². The average molecular weight is 599 g/mol. The summed E-state index contributed by atoms with van der Waals surface area (Å²) in [5.74, 6) is -1.79. The lowest BCUT2D eigenvalue weighted by molar-refractivity contribution is -0.137. The van der Waals surface area contributed by atoms with Crippen LogP contribution in [0.1, 0.15) is 47.1 Å². The van der Waals surface area contributed by atoms with Crippen LogP contribution >= 0.6 is 0 Å². The van der Waals surface area contributed by atoms with Gasteiger partial charge in [-0.1, -0.05) is 5.16 Å². The summed E-state index contributed by atoms with van der Waals surface area (Å²) < 4.78 is 61.0. The Bertz CT molecular complexity index is 1600. The van der Waals surface area contributed by atoms with Crippen LogP contribution in [0.15, 0.2) is 51.9 Å². The molecule has 5 rings (SSSR count). The fraction of sp³-hybridized carbons (Fsp3) is 0.367. The number of Topliss-reactive ketones (excluding diaryl/α,β-unsaturated/α-hetero) is 1. The van der Waals surface area contributed by atoms with Gasteiger partial charge >= 0.3 is 0 Å². The van der Waals surface area contributed by atoms with Crippen molar-refractivity contribution >= 4 is 39.6 Å². The SMILES string of the molecule is CC(=O)c1ccc(N2CCN(C(=O)C3CCN(S(=O)(=O)c4c(C)noc4C=Cc4ccc(F)cc4F)CC3)CC2)cc1. The quantitative estimate of drug-likeness (QED) is 0.372. The molecule has 0 bridgehead atoms. The molecule has 0 saturated carbocycles. The van der Waals surface area contributed by atoms with Crippen molar-refractivity contribution < 1.29 is 31.3 Å². The number of aromatic nitrogens is 1. The normalized spacial score (nSPS) is 17.2. The lowest BCUT2D eigenvalue weighted by Gasteiger charge is -2.39. The minimum absolute atomic E-state index is 0.0169. The zero-order valence-corrected chi connectivity index (χ0v) is 24.2. The van der Waals surface area contributed by atoms with Crippen molar-refractivity contribution in [3.8, 4) is 0 Å². The number of carbonyl (C=O) groups is 2. The summed E-state index contributed by atoms with van der Waals surface area (Å²) in [5.41, 5.74) is 1.90. The van der Waals surface area contributed by atoms with Crippen LogP contribution in [0.5, 0.6) is 0 Å². The van der Waals surface area contributed by atoms with Gasteiger partial charge in [0, 0.05) is 68.1 Å². The number of anilines is 1. The molecular formula is C30H32F2N4O5S. The number of amides is 1. The molecule has 2 aromatic carbocycles. The van der Waals surface area contributed by atoms with Gasteiger partial charge in [-0.3, -0.25) is 9.59 Å². The van der Waals surface area contributed by atoms with Crippen molar-refractivity contribution in [1.82, 2.24) is 14.4 Å². The molecule has 222 valence electrons. The molecule has 1 aromatic heterocycles. The third-order valence-corrected chi connectivity index (χ3v) is 9.90. The number of rotatable bonds is 7. The topological polar surface area (TPSA) is 104 Å². The Balaban J connectivity index is 1.19. The molecule has 12 heteroatoms. The fourth-order valence-corrected chi connectivity index (χ4v) is 7.14. The molecule has 2 saturated heterocycles. The van der Waals surface area contributed by atoms with Gasteiger partial charge < -0.3 is 14.3 Å². The number of benzene rings is 2. The molecule has 0 spiro atoms. The maximum Gasteiger partial charge on any atom is 0.248 e. The second kappa shape index (κ2) is 12.1. The number of hydrogen-bond donors (Lipinski definition) is 0. The Kier molecular flexibility index (Phi) is 8.55. The van der Waals surface area contributed by atoms with Crippen molar-refractivity contribution in [1.29, 1.82) is 0 Å². The van der Waals surface area contributed by atoms with E-state index in [-0.39, 0.29) is 52.6 Å². The van der Waals surface area contributed by atoms with Crippen LogP contribution in [0.25, 0.3) is 12.2 Å². The third-order valence-electron chi connectivity index (χ3n) is 7.84. The van der Waals surface area contributed by atoms with Crippen LogP contribution in [0.3, 0.4) is 0 Å². The minimum atomic E-state index is -4.00. The molecule has 2 aliphatic heterocycles. The number of sulfonamides is 1. The summed E-state index contributed by atoms with van der Waals surface area (Å²) in [6, 6.07) is 10.5. The van der Waals surface area contributed by atoms with E-state index in [1.807, 2.05) is 29.2 Å². The molecule has 1 amide bonds. The van der Waals surface area contributed by atoms with E-state index < -0.39 is 21.7 Å². The van der Waals surface area contributed by atoms with Crippen molar-refractivity contribution in [2.24, 2.45) is 5.92 Å². The van der Waals surface area contributed by atoms with E-state index in [1.165, 1.54) is 36.4 Å². The monoisotopic (exact) mass is 598 g/mol. The van der Waals surface area contributed by atoms with E-state index in [0.29, 0.717) is 44.6 Å². The standard InChI is InChI=1S/C30H32F2N4O5S/c1-20-29(28(41-33-20)10-6-23-3-7-25(31)19-27(23)32)42(39,40)36-13-11-24(12-14-36)30(38)35-17-15-34(16-18-35)26-8-4-22(5-9-26)21(2)37/h3-10,19,24H,11-18H2,1-2H3. The van der Waals surface area contributed by atoms with Gasteiger partial charge in [-0.15, -0.1) is 0 Å². The molecule has 42 heavy (non-hydrogen) atoms. The molecule has 9 nitrogen and oxygen atoms in total. The van der Waals surface area contributed by atoms with Gasteiger partial charge in [0.15, 0.2) is 16.4 Å². The van der Waals surface area contributed by atoms with E-state index in [9.17, 15) is 26.8 Å². The highest BCUT2D eigenvalue weighted by Crippen LogP contribution is 2.30. The van der Waals surface area contributed by atoms with Gasteiger partial charge in [0.2, 0.25) is 15.9 Å². The number of ketones is 1. The number of carbonyl (C=O) groups excluding carboxylic acids is 2. The van der Waals surface area contributed by atoms with E-state index in [2.05, 4.69) is 10.1 Å². The molecule has 0 aliphatic carbocycles. The predicted molar refractivity (Wildman–Crippen MR) is 153 cm³/mol. The zero-order chi connectivity index (χ0) is 30.0. The van der Waals surface area contributed by atoms with Crippen molar-refractivity contribution in [3.63, 3.8) is 0 Å². The fourth-order valence-electron chi connectivity index (χ4n) is 5.42. The first-order valence-corrected chi connectivity index (χ1v) is 15.2. The highest BCUT2D eigenvalue weighted by atomic mass is 32.2. The second-order valence-electron chi connectivity index (χ2n) is 10.6. The largest absolute Gasteiger partial charge is 0.368 e. The maximum absolute atomic E-state index is 14.0. The summed E-state index contributed by atoms with van der Waals surface area (Å²) in [6.07, 6.45) is 3.39. The Labute approximate surface area is 243 Å². The lowest BCUT2D eigenvalue weighted by Crippen LogP contribution is -2.52. The smallest absolute Gasteiger partial charge is 0.248 e. The van der Waals surface area contributed by atoms with Crippen LogP contribution in [0, 0.1) is 24.5 Å². The molecule has 0 N–H and O–H groups in total. The second-order valence-corrected chi connectivity index (χ2v) is 12.4. The van der Waals surface area contributed by atoms with Crippen LogP contribution in [-0.2, 0) is 14.8 Å². The Morgan fingerprint density at radius 1 is 0.952 bits per heavy atom. The molecule has 0 atom stereocenters. The molecular weight excluding hydrogens is 566 g/mol. The number of halogens is 2. The number of hydrogen-bond acceptors (Lipinski definition) is 7. The molecule has 3 aromatic rings. The van der Waals surface area contributed by atoms with Gasteiger partial charge in [0.1, 0.15) is 17.3 Å². The summed E-state index contributed by atoms with van der Waals surface area (Å²) in [6.45, 7) is 5.85. The van der Waals surface area contributed by atoms with E-state index in [0.717, 1.165) is 17.8 Å². The first-order chi connectivity index (χ1) is 20.0. The summed E-state index contributed by atoms with van der Waals surface area (Å²) in [5, 5.41) is 3.81. The minimum Gasteiger partial charge on any atom is -0.368 e. The third kappa shape index (κ3) is 6.14. The number of aryl methyl sites for hydroxylation is 1. The van der Waals surface area contributed by atoms with Gasteiger partial charge in [-0.25, -0.2) is 17.2 Å². The summed E-state index contributed by atoms with van der Waals surface area (Å²) >= 11 is 0. The Hall–Kier alpha value is -3.90. The van der Waals surface area contributed by atoms with Crippen molar-refractivity contribution in [2.75, 3.05) is 44.2 Å². The van der Waals surface area contributed by atoms with Gasteiger partial charge in [-0.05, 0) is 75.2 Å². The van der Waals surface area contributed by atoms with Crippen LogP contribution in [0.2, 0.25) is 0 Å². The Morgan fingerprint density at radius 2 is 1.62 bits per heavy atom. The van der Waals surface area contributed by atoms with E-state index >= 15 is 0 Å². The molecule has 3 heterocycles. The molecule has 0 unspecified atom stereocenters. The molecule has 0 radical (unpaired) electrons. The van der Waals surface area contributed by atoms with Gasteiger partial charge in [0.25, 0.3) is 0 Å². The predicted octanol–water partition coefficient (Wildman–Crippen LogP) is 4.38. The van der Waals surface area contributed by atoms with Gasteiger partial charge in [-0.2, -0.15) is 4.31 Å². The zero-order valence-electron chi connectivity index (χ0n) is 23.4. The first-order valence-electron chi connectivity index (χ1n) is 13.8. The van der Waals surface area contributed by atoms with Crippen molar-refractivity contribution in [3.05, 3.63) is 76.7 Å². The first kappa shape index (κ1) is 29.6. The molecule has 2 aliphatic rings.